The molecular formula is C60H51BFNO. The number of anilines is 3. The number of hydrogen-bond acceptors (Lipinski definition) is 2. The molecule has 1 heterocycles. The molecule has 0 atom stereocenters. The molecule has 0 bridgehead atoms. The fourth-order valence-electron chi connectivity index (χ4n) is 11.0. The van der Waals surface area contributed by atoms with Crippen molar-refractivity contribution < 1.29 is 9.50 Å². The molecule has 1 aliphatic rings. The molecule has 9 aromatic rings. The Labute approximate surface area is 377 Å². The maximum atomic E-state index is 17.4. The highest BCUT2D eigenvalue weighted by molar-refractivity contribution is 6.98. The minimum Gasteiger partial charge on any atom is -0.507 e. The van der Waals surface area contributed by atoms with Crippen molar-refractivity contribution in [1.29, 1.82) is 0 Å². The number of aromatic hydroxyl groups is 1. The summed E-state index contributed by atoms with van der Waals surface area (Å²) in [7, 11) is 0. The zero-order chi connectivity index (χ0) is 44.4. The number of nitrogens with zero attached hydrogens (tertiary/aromatic N) is 1. The topological polar surface area (TPSA) is 23.5 Å². The van der Waals surface area contributed by atoms with E-state index in [0.717, 1.165) is 73.0 Å². The maximum absolute atomic E-state index is 17.4. The molecule has 1 N–H and O–H groups in total. The molecule has 0 saturated heterocycles. The molecule has 0 aromatic heterocycles. The largest absolute Gasteiger partial charge is 0.507 e. The quantitative estimate of drug-likeness (QED) is 0.162. The van der Waals surface area contributed by atoms with E-state index < -0.39 is 0 Å². The van der Waals surface area contributed by atoms with Gasteiger partial charge in [-0.15, -0.1) is 0 Å². The van der Waals surface area contributed by atoms with Crippen LogP contribution < -0.4 is 21.3 Å². The number of fused-ring (bicyclic) bond motifs is 3. The van der Waals surface area contributed by atoms with Crippen LogP contribution in [0.5, 0.6) is 5.75 Å². The molecule has 0 spiro atoms. The predicted molar refractivity (Wildman–Crippen MR) is 270 cm³/mol. The van der Waals surface area contributed by atoms with Crippen molar-refractivity contribution in [3.8, 4) is 39.1 Å². The highest BCUT2D eigenvalue weighted by Gasteiger charge is 2.35. The first-order chi connectivity index (χ1) is 30.9. The molecule has 0 radical (unpaired) electrons. The minimum absolute atomic E-state index is 0.0615. The van der Waals surface area contributed by atoms with Crippen LogP contribution in [-0.4, -0.2) is 11.8 Å². The van der Waals surface area contributed by atoms with Crippen LogP contribution in [0.3, 0.4) is 0 Å². The van der Waals surface area contributed by atoms with E-state index in [-0.39, 0.29) is 18.3 Å². The van der Waals surface area contributed by atoms with Crippen LogP contribution in [0.1, 0.15) is 50.1 Å². The lowest BCUT2D eigenvalue weighted by atomic mass is 9.32. The molecule has 64 heavy (non-hydrogen) atoms. The Bertz CT molecular complexity index is 3220. The highest BCUT2D eigenvalue weighted by atomic mass is 19.1. The van der Waals surface area contributed by atoms with E-state index in [4.69, 9.17) is 0 Å². The fraction of sp³-hybridized carbons (Fsp3) is 0.133. The SMILES string of the molecule is Cc1cc(C)c(N(c2ccc(-c3ccc(B4c5c(C)cc(C)cc5Cc5cc(C)cc(C)c54)c4ccccc34)c(O)c2)c2c(F)cc(-c3ccccc3)cc2-c2ccccc2)c(C)c1. The van der Waals surface area contributed by atoms with Crippen LogP contribution in [0.15, 0.2) is 164 Å². The third-order valence-electron chi connectivity index (χ3n) is 13.3. The van der Waals surface area contributed by atoms with Gasteiger partial charge >= 0.3 is 0 Å². The number of rotatable bonds is 7. The van der Waals surface area contributed by atoms with Crippen molar-refractivity contribution in [2.45, 2.75) is 54.9 Å². The molecule has 0 saturated carbocycles. The van der Waals surface area contributed by atoms with E-state index in [1.165, 1.54) is 49.8 Å². The van der Waals surface area contributed by atoms with Crippen LogP contribution in [0.2, 0.25) is 0 Å². The normalized spacial score (nSPS) is 12.0. The number of halogens is 1. The van der Waals surface area contributed by atoms with Crippen molar-refractivity contribution in [1.82, 2.24) is 0 Å². The average Bonchev–Trinajstić information content (AvgIpc) is 3.27. The Morgan fingerprint density at radius 3 is 1.59 bits per heavy atom. The predicted octanol–water partition coefficient (Wildman–Crippen LogP) is 13.7. The van der Waals surface area contributed by atoms with Gasteiger partial charge in [-0.2, -0.15) is 0 Å². The Balaban J connectivity index is 1.16. The Morgan fingerprint density at radius 1 is 0.453 bits per heavy atom. The summed E-state index contributed by atoms with van der Waals surface area (Å²) in [4.78, 5) is 2.01. The number of benzene rings is 9. The van der Waals surface area contributed by atoms with E-state index in [1.807, 2.05) is 77.7 Å². The number of aryl methyl sites for hydroxylation is 7. The van der Waals surface area contributed by atoms with Gasteiger partial charge in [0.25, 0.3) is 0 Å². The van der Waals surface area contributed by atoms with Crippen molar-refractivity contribution in [2.75, 3.05) is 4.90 Å². The zero-order valence-corrected chi connectivity index (χ0v) is 37.6. The highest BCUT2D eigenvalue weighted by Crippen LogP contribution is 2.48. The summed E-state index contributed by atoms with van der Waals surface area (Å²) in [5.41, 5.74) is 22.2. The van der Waals surface area contributed by atoms with E-state index in [0.29, 0.717) is 11.4 Å². The zero-order valence-electron chi connectivity index (χ0n) is 37.6. The minimum atomic E-state index is -0.355. The van der Waals surface area contributed by atoms with Gasteiger partial charge in [0.1, 0.15) is 11.6 Å². The molecule has 0 fully saturated rings. The fourth-order valence-corrected chi connectivity index (χ4v) is 11.0. The molecule has 0 amide bonds. The number of phenols is 1. The van der Waals surface area contributed by atoms with Crippen LogP contribution in [0.25, 0.3) is 44.2 Å². The van der Waals surface area contributed by atoms with Gasteiger partial charge in [-0.25, -0.2) is 4.39 Å². The lowest BCUT2D eigenvalue weighted by Crippen LogP contribution is -2.59. The van der Waals surface area contributed by atoms with E-state index in [2.05, 4.69) is 127 Å². The van der Waals surface area contributed by atoms with E-state index in [9.17, 15) is 5.11 Å². The van der Waals surface area contributed by atoms with Crippen molar-refractivity contribution in [2.24, 2.45) is 0 Å². The number of phenolic OH excluding ortho intramolecular Hbond substituents is 1. The maximum Gasteiger partial charge on any atom is 0.243 e. The molecule has 1 aliphatic heterocycles. The second-order valence-electron chi connectivity index (χ2n) is 18.0. The first kappa shape index (κ1) is 40.9. The summed E-state index contributed by atoms with van der Waals surface area (Å²) in [6.45, 7) is 15.2. The van der Waals surface area contributed by atoms with Crippen molar-refractivity contribution >= 4 is 50.9 Å². The standard InChI is InChI=1S/C60H51BFNO/c1-36-28-41(6)59(42(7)29-36)63(60-53(44-18-12-9-13-19-44)33-45(34-55(60)62)43-16-10-8-11-17-43)48-22-23-52(56(64)35-48)50-24-25-54(51-21-15-14-20-49(50)51)61-57-39(4)26-37(2)30-46(57)32-47-31-38(3)27-40(5)58(47)61/h8-31,33-35,64H,32H2,1-7H3. The Kier molecular flexibility index (Phi) is 10.3. The van der Waals surface area contributed by atoms with E-state index >= 15 is 4.39 Å². The van der Waals surface area contributed by atoms with Gasteiger partial charge in [-0.05, 0) is 134 Å². The van der Waals surface area contributed by atoms with E-state index in [1.54, 1.807) is 12.1 Å². The molecular weight excluding hydrogens is 780 g/mol. The summed E-state index contributed by atoms with van der Waals surface area (Å²) in [6.07, 6.45) is 0.926. The molecule has 0 unspecified atom stereocenters. The van der Waals surface area contributed by atoms with Gasteiger partial charge in [0.15, 0.2) is 0 Å². The molecule has 9 aromatic carbocycles. The molecule has 10 rings (SSSR count). The van der Waals surface area contributed by atoms with Crippen LogP contribution in [-0.2, 0) is 6.42 Å². The Hall–Kier alpha value is -7.17. The summed E-state index contributed by atoms with van der Waals surface area (Å²) in [5, 5.41) is 14.6. The smallest absolute Gasteiger partial charge is 0.243 e. The third kappa shape index (κ3) is 7.08. The average molecular weight is 832 g/mol. The molecule has 2 nitrogen and oxygen atoms in total. The van der Waals surface area contributed by atoms with Gasteiger partial charge < -0.3 is 10.0 Å². The summed E-state index contributed by atoms with van der Waals surface area (Å²) >= 11 is 0. The first-order valence-electron chi connectivity index (χ1n) is 22.3. The third-order valence-corrected chi connectivity index (χ3v) is 13.3. The Morgan fingerprint density at radius 2 is 0.984 bits per heavy atom. The first-order valence-corrected chi connectivity index (χ1v) is 22.3. The lowest BCUT2D eigenvalue weighted by Gasteiger charge is -2.32. The summed E-state index contributed by atoms with van der Waals surface area (Å²) in [6, 6.07) is 56.3. The van der Waals surface area contributed by atoms with Crippen LogP contribution in [0, 0.1) is 54.3 Å². The number of hydrogen-bond donors (Lipinski definition) is 1. The molecule has 0 aliphatic carbocycles. The van der Waals surface area contributed by atoms with Crippen LogP contribution in [0.4, 0.5) is 21.5 Å². The lowest BCUT2D eigenvalue weighted by molar-refractivity contribution is 0.477. The van der Waals surface area contributed by atoms with Gasteiger partial charge in [-0.1, -0.05) is 178 Å². The molecule has 312 valence electrons. The van der Waals surface area contributed by atoms with Crippen molar-refractivity contribution in [3.63, 3.8) is 0 Å². The van der Waals surface area contributed by atoms with Gasteiger partial charge in [0.2, 0.25) is 6.71 Å². The summed E-state index contributed by atoms with van der Waals surface area (Å²) in [5.74, 6) is -0.234. The monoisotopic (exact) mass is 831 g/mol. The summed E-state index contributed by atoms with van der Waals surface area (Å²) < 4.78 is 17.4. The van der Waals surface area contributed by atoms with Crippen molar-refractivity contribution in [3.05, 3.63) is 220 Å². The second-order valence-corrected chi connectivity index (χ2v) is 18.0. The van der Waals surface area contributed by atoms with Gasteiger partial charge in [0, 0.05) is 22.9 Å². The van der Waals surface area contributed by atoms with Gasteiger partial charge in [0.05, 0.1) is 11.4 Å². The molecule has 4 heteroatoms. The van der Waals surface area contributed by atoms with Crippen LogP contribution >= 0.6 is 0 Å². The second kappa shape index (κ2) is 16.2. The van der Waals surface area contributed by atoms with Gasteiger partial charge in [-0.3, -0.25) is 0 Å².